The predicted octanol–water partition coefficient (Wildman–Crippen LogP) is 2.52. The summed E-state index contributed by atoms with van der Waals surface area (Å²) >= 11 is 0. The largest absolute Gasteiger partial charge is 0.586 e. The number of anilines is 1. The number of likely N-dealkylation sites (tertiary alicyclic amines) is 1. The van der Waals surface area contributed by atoms with Crippen LogP contribution in [0.25, 0.3) is 0 Å². The number of piperidine rings is 1. The number of nitrogens with zero attached hydrogens (tertiary/aromatic N) is 1. The molecule has 0 saturated carbocycles. The molecule has 0 aromatic heterocycles. The fourth-order valence-corrected chi connectivity index (χ4v) is 2.64. The molecule has 2 aliphatic rings. The highest BCUT2D eigenvalue weighted by molar-refractivity contribution is 5.56. The molecule has 0 aliphatic carbocycles. The molecule has 1 fully saturated rings. The molecular formula is C15H16F2N2O2. The van der Waals surface area contributed by atoms with Crippen LogP contribution >= 0.6 is 0 Å². The summed E-state index contributed by atoms with van der Waals surface area (Å²) in [5.41, 5.74) is 0.755. The number of fused-ring (bicyclic) bond motifs is 1. The predicted molar refractivity (Wildman–Crippen MR) is 74.6 cm³/mol. The number of alkyl halides is 2. The quantitative estimate of drug-likeness (QED) is 0.869. The minimum Gasteiger partial charge on any atom is -0.395 e. The SMILES string of the molecule is C#CCN1CCC(Nc2ccc3c(c2)OC(F)(F)O3)CC1. The van der Waals surface area contributed by atoms with E-state index in [9.17, 15) is 8.78 Å². The van der Waals surface area contributed by atoms with Gasteiger partial charge in [-0.3, -0.25) is 4.90 Å². The summed E-state index contributed by atoms with van der Waals surface area (Å²) in [6.07, 6.45) is 3.66. The van der Waals surface area contributed by atoms with Gasteiger partial charge in [-0.2, -0.15) is 0 Å². The molecule has 1 aromatic rings. The molecule has 0 unspecified atom stereocenters. The zero-order chi connectivity index (χ0) is 14.9. The molecule has 21 heavy (non-hydrogen) atoms. The molecule has 4 nitrogen and oxygen atoms in total. The van der Waals surface area contributed by atoms with Gasteiger partial charge in [0, 0.05) is 30.9 Å². The first kappa shape index (κ1) is 14.0. The van der Waals surface area contributed by atoms with Crippen LogP contribution in [0.3, 0.4) is 0 Å². The first-order valence-electron chi connectivity index (χ1n) is 6.88. The molecule has 0 bridgehead atoms. The normalized spacial score (nSPS) is 21.0. The number of ether oxygens (including phenoxy) is 2. The van der Waals surface area contributed by atoms with E-state index in [2.05, 4.69) is 25.6 Å². The van der Waals surface area contributed by atoms with E-state index < -0.39 is 6.29 Å². The van der Waals surface area contributed by atoms with Crippen LogP contribution in [0.4, 0.5) is 14.5 Å². The van der Waals surface area contributed by atoms with Gasteiger partial charge in [0.25, 0.3) is 0 Å². The summed E-state index contributed by atoms with van der Waals surface area (Å²) < 4.78 is 34.7. The van der Waals surface area contributed by atoms with Crippen LogP contribution in [-0.4, -0.2) is 36.9 Å². The maximum Gasteiger partial charge on any atom is 0.586 e. The minimum absolute atomic E-state index is 0.0642. The molecule has 1 aromatic carbocycles. The Bertz CT molecular complexity index is 563. The Labute approximate surface area is 122 Å². The minimum atomic E-state index is -3.57. The molecule has 1 saturated heterocycles. The summed E-state index contributed by atoms with van der Waals surface area (Å²) in [6, 6.07) is 5.06. The van der Waals surface area contributed by atoms with Gasteiger partial charge in [-0.15, -0.1) is 15.2 Å². The van der Waals surface area contributed by atoms with Crippen molar-refractivity contribution in [3.05, 3.63) is 18.2 Å². The van der Waals surface area contributed by atoms with Crippen molar-refractivity contribution in [3.8, 4) is 23.8 Å². The molecule has 0 spiro atoms. The standard InChI is InChI=1S/C15H16F2N2O2/c1-2-7-19-8-5-11(6-9-19)18-12-3-4-13-14(10-12)21-15(16,17)20-13/h1,3-4,10-11,18H,5-9H2. The molecule has 1 N–H and O–H groups in total. The van der Waals surface area contributed by atoms with Crippen molar-refractivity contribution < 1.29 is 18.3 Å². The second-order valence-electron chi connectivity index (χ2n) is 5.23. The van der Waals surface area contributed by atoms with Crippen molar-refractivity contribution >= 4 is 5.69 Å². The number of terminal acetylenes is 1. The van der Waals surface area contributed by atoms with E-state index in [1.165, 1.54) is 6.07 Å². The lowest BCUT2D eigenvalue weighted by Crippen LogP contribution is -2.39. The van der Waals surface area contributed by atoms with Gasteiger partial charge >= 0.3 is 6.29 Å². The van der Waals surface area contributed by atoms with Crippen molar-refractivity contribution in [2.24, 2.45) is 0 Å². The molecule has 2 aliphatic heterocycles. The Kier molecular flexibility index (Phi) is 3.60. The Morgan fingerprint density at radius 1 is 1.29 bits per heavy atom. The molecule has 112 valence electrons. The van der Waals surface area contributed by atoms with Crippen molar-refractivity contribution in [2.75, 3.05) is 25.0 Å². The van der Waals surface area contributed by atoms with Crippen LogP contribution in [0.5, 0.6) is 11.5 Å². The molecule has 0 amide bonds. The average molecular weight is 294 g/mol. The van der Waals surface area contributed by atoms with Crippen molar-refractivity contribution in [1.29, 1.82) is 0 Å². The fraction of sp³-hybridized carbons (Fsp3) is 0.467. The molecule has 3 rings (SSSR count). The highest BCUT2D eigenvalue weighted by Gasteiger charge is 2.43. The van der Waals surface area contributed by atoms with Gasteiger partial charge < -0.3 is 14.8 Å². The topological polar surface area (TPSA) is 33.7 Å². The van der Waals surface area contributed by atoms with Crippen LogP contribution < -0.4 is 14.8 Å². The van der Waals surface area contributed by atoms with Gasteiger partial charge in [0.15, 0.2) is 11.5 Å². The average Bonchev–Trinajstić information content (AvgIpc) is 2.74. The number of nitrogens with one attached hydrogen (secondary N) is 1. The van der Waals surface area contributed by atoms with E-state index >= 15 is 0 Å². The summed E-state index contributed by atoms with van der Waals surface area (Å²) in [6.45, 7) is 2.54. The zero-order valence-electron chi connectivity index (χ0n) is 11.4. The third-order valence-electron chi connectivity index (χ3n) is 3.67. The highest BCUT2D eigenvalue weighted by Crippen LogP contribution is 2.42. The monoisotopic (exact) mass is 294 g/mol. The number of rotatable bonds is 3. The van der Waals surface area contributed by atoms with Crippen LogP contribution in [0, 0.1) is 12.3 Å². The number of benzene rings is 1. The third-order valence-corrected chi connectivity index (χ3v) is 3.67. The Hall–Kier alpha value is -2.00. The third kappa shape index (κ3) is 3.19. The zero-order valence-corrected chi connectivity index (χ0v) is 11.4. The van der Waals surface area contributed by atoms with Crippen LogP contribution in [-0.2, 0) is 0 Å². The summed E-state index contributed by atoms with van der Waals surface area (Å²) in [5.74, 6) is 2.77. The molecule has 0 radical (unpaired) electrons. The Morgan fingerprint density at radius 2 is 2.00 bits per heavy atom. The van der Waals surface area contributed by atoms with E-state index in [4.69, 9.17) is 6.42 Å². The van der Waals surface area contributed by atoms with E-state index in [1.807, 2.05) is 0 Å². The first-order valence-corrected chi connectivity index (χ1v) is 6.88. The molecular weight excluding hydrogens is 278 g/mol. The van der Waals surface area contributed by atoms with Crippen molar-refractivity contribution in [3.63, 3.8) is 0 Å². The molecule has 0 atom stereocenters. The summed E-state index contributed by atoms with van der Waals surface area (Å²) in [7, 11) is 0. The Morgan fingerprint density at radius 3 is 2.71 bits per heavy atom. The number of hydrogen-bond donors (Lipinski definition) is 1. The van der Waals surface area contributed by atoms with Gasteiger partial charge in [-0.25, -0.2) is 0 Å². The van der Waals surface area contributed by atoms with E-state index in [0.29, 0.717) is 12.6 Å². The lowest BCUT2D eigenvalue weighted by molar-refractivity contribution is -0.286. The maximum absolute atomic E-state index is 13.0. The highest BCUT2D eigenvalue weighted by atomic mass is 19.3. The smallest absolute Gasteiger partial charge is 0.395 e. The van der Waals surface area contributed by atoms with E-state index in [-0.39, 0.29) is 11.5 Å². The number of hydrogen-bond acceptors (Lipinski definition) is 4. The summed E-state index contributed by atoms with van der Waals surface area (Å²) in [5, 5.41) is 3.34. The van der Waals surface area contributed by atoms with Gasteiger partial charge in [-0.1, -0.05) is 5.92 Å². The Balaban J connectivity index is 1.59. The lowest BCUT2D eigenvalue weighted by Gasteiger charge is -2.31. The maximum atomic E-state index is 13.0. The summed E-state index contributed by atoms with van der Waals surface area (Å²) in [4.78, 5) is 2.22. The van der Waals surface area contributed by atoms with Crippen LogP contribution in [0.15, 0.2) is 18.2 Å². The lowest BCUT2D eigenvalue weighted by atomic mass is 10.0. The second kappa shape index (κ2) is 5.41. The van der Waals surface area contributed by atoms with Crippen LogP contribution in [0.2, 0.25) is 0 Å². The molecule has 6 heteroatoms. The van der Waals surface area contributed by atoms with Gasteiger partial charge in [0.1, 0.15) is 0 Å². The van der Waals surface area contributed by atoms with Gasteiger partial charge in [-0.05, 0) is 25.0 Å². The molecule has 2 heterocycles. The fourth-order valence-electron chi connectivity index (χ4n) is 2.64. The number of halogens is 2. The van der Waals surface area contributed by atoms with Crippen molar-refractivity contribution in [1.82, 2.24) is 4.90 Å². The van der Waals surface area contributed by atoms with E-state index in [1.54, 1.807) is 12.1 Å². The van der Waals surface area contributed by atoms with Crippen molar-refractivity contribution in [2.45, 2.75) is 25.2 Å². The first-order chi connectivity index (χ1) is 10.1. The van der Waals surface area contributed by atoms with Gasteiger partial charge in [0.2, 0.25) is 0 Å². The van der Waals surface area contributed by atoms with E-state index in [0.717, 1.165) is 31.6 Å². The second-order valence-corrected chi connectivity index (χ2v) is 5.23. The van der Waals surface area contributed by atoms with Gasteiger partial charge in [0.05, 0.1) is 6.54 Å². The van der Waals surface area contributed by atoms with Crippen LogP contribution in [0.1, 0.15) is 12.8 Å².